The summed E-state index contributed by atoms with van der Waals surface area (Å²) in [6.45, 7) is 6.72. The number of carbonyl (C=O) groups is 1. The molecule has 1 rings (SSSR count). The van der Waals surface area contributed by atoms with Crippen LogP contribution in [-0.4, -0.2) is 10.5 Å². The molecule has 0 atom stereocenters. The van der Waals surface area contributed by atoms with Crippen molar-refractivity contribution in [3.63, 3.8) is 0 Å². The summed E-state index contributed by atoms with van der Waals surface area (Å²) in [6.07, 6.45) is 9.26. The third-order valence-corrected chi connectivity index (χ3v) is 2.04. The van der Waals surface area contributed by atoms with Gasteiger partial charge in [-0.05, 0) is 6.42 Å². The van der Waals surface area contributed by atoms with Gasteiger partial charge in [0.05, 0.1) is 6.54 Å². The number of rotatable bonds is 6. The molecule has 4 nitrogen and oxygen atoms in total. The van der Waals surface area contributed by atoms with Crippen molar-refractivity contribution in [3.05, 3.63) is 31.4 Å². The average molecular weight is 209 g/mol. The molecule has 0 saturated carbocycles. The Kier molecular flexibility index (Phi) is 4.60. The lowest BCUT2D eigenvalue weighted by atomic mass is 10.3. The Balaban J connectivity index is 2.38. The number of hydrogen-bond donors (Lipinski definition) is 0. The quantitative estimate of drug-likeness (QED) is 0.401. The summed E-state index contributed by atoms with van der Waals surface area (Å²) >= 11 is 0. The summed E-state index contributed by atoms with van der Waals surface area (Å²) in [7, 11) is 0. The Hall–Kier alpha value is -1.58. The number of ether oxygens (including phenoxy) is 1. The van der Waals surface area contributed by atoms with Gasteiger partial charge in [-0.1, -0.05) is 19.9 Å². The molecule has 0 unspecified atom stereocenters. The largest absolute Gasteiger partial charge is 0.422 e. The molecule has 0 bridgehead atoms. The van der Waals surface area contributed by atoms with Crippen LogP contribution in [0.5, 0.6) is 0 Å². The highest BCUT2D eigenvalue weighted by molar-refractivity contribution is 5.80. The van der Waals surface area contributed by atoms with E-state index in [-0.39, 0.29) is 6.73 Å². The van der Waals surface area contributed by atoms with Gasteiger partial charge in [0.2, 0.25) is 13.1 Å². The van der Waals surface area contributed by atoms with E-state index in [4.69, 9.17) is 4.74 Å². The molecule has 0 aliphatic heterocycles. The van der Waals surface area contributed by atoms with Crippen molar-refractivity contribution in [2.24, 2.45) is 0 Å². The van der Waals surface area contributed by atoms with E-state index in [0.29, 0.717) is 0 Å². The van der Waals surface area contributed by atoms with Gasteiger partial charge in [0.25, 0.3) is 0 Å². The molecule has 0 fully saturated rings. The molecule has 0 radical (unpaired) electrons. The minimum atomic E-state index is -0.399. The lowest BCUT2D eigenvalue weighted by Crippen LogP contribution is -2.33. The third kappa shape index (κ3) is 3.97. The van der Waals surface area contributed by atoms with Crippen molar-refractivity contribution in [2.45, 2.75) is 33.0 Å². The topological polar surface area (TPSA) is 35.1 Å². The predicted molar refractivity (Wildman–Crippen MR) is 55.8 cm³/mol. The number of carbonyl (C=O) groups excluding carboxylic acids is 1. The van der Waals surface area contributed by atoms with Crippen molar-refractivity contribution in [3.8, 4) is 0 Å². The van der Waals surface area contributed by atoms with Crippen LogP contribution in [0.1, 0.15) is 19.8 Å². The van der Waals surface area contributed by atoms with Crippen LogP contribution in [0.2, 0.25) is 0 Å². The molecule has 0 aliphatic rings. The molecule has 82 valence electrons. The number of imidazole rings is 1. The average Bonchev–Trinajstić information content (AvgIpc) is 2.71. The summed E-state index contributed by atoms with van der Waals surface area (Å²) < 4.78 is 8.78. The van der Waals surface area contributed by atoms with Crippen molar-refractivity contribution in [1.82, 2.24) is 4.57 Å². The smallest absolute Gasteiger partial charge is 0.333 e. The SMILES string of the molecule is C=CC(=O)OC[n+]1ccn(CCCC)c1. The first kappa shape index (κ1) is 11.5. The first-order valence-corrected chi connectivity index (χ1v) is 5.10. The van der Waals surface area contributed by atoms with Gasteiger partial charge in [-0.15, -0.1) is 0 Å². The maximum absolute atomic E-state index is 10.8. The van der Waals surface area contributed by atoms with Crippen LogP contribution < -0.4 is 4.57 Å². The first-order chi connectivity index (χ1) is 7.26. The van der Waals surface area contributed by atoms with E-state index < -0.39 is 5.97 Å². The lowest BCUT2D eigenvalue weighted by Gasteiger charge is -1.96. The van der Waals surface area contributed by atoms with E-state index >= 15 is 0 Å². The van der Waals surface area contributed by atoms with Crippen LogP contribution in [0.25, 0.3) is 0 Å². The van der Waals surface area contributed by atoms with E-state index in [9.17, 15) is 4.79 Å². The van der Waals surface area contributed by atoms with Gasteiger partial charge in [0, 0.05) is 6.08 Å². The second kappa shape index (κ2) is 6.01. The fourth-order valence-electron chi connectivity index (χ4n) is 1.19. The number of unbranched alkanes of at least 4 members (excludes halogenated alkanes) is 1. The van der Waals surface area contributed by atoms with Crippen LogP contribution >= 0.6 is 0 Å². The van der Waals surface area contributed by atoms with Crippen molar-refractivity contribution in [2.75, 3.05) is 0 Å². The van der Waals surface area contributed by atoms with Gasteiger partial charge in [-0.2, -0.15) is 0 Å². The van der Waals surface area contributed by atoms with Gasteiger partial charge in [-0.3, -0.25) is 0 Å². The van der Waals surface area contributed by atoms with E-state index in [1.54, 1.807) is 0 Å². The Morgan fingerprint density at radius 1 is 1.67 bits per heavy atom. The zero-order chi connectivity index (χ0) is 11.1. The Morgan fingerprint density at radius 2 is 2.47 bits per heavy atom. The van der Waals surface area contributed by atoms with Crippen LogP contribution in [0, 0.1) is 0 Å². The zero-order valence-corrected chi connectivity index (χ0v) is 9.06. The second-order valence-corrected chi connectivity index (χ2v) is 3.32. The fourth-order valence-corrected chi connectivity index (χ4v) is 1.19. The lowest BCUT2D eigenvalue weighted by molar-refractivity contribution is -0.727. The molecule has 0 spiro atoms. The minimum Gasteiger partial charge on any atom is -0.422 e. The van der Waals surface area contributed by atoms with E-state index in [1.807, 2.05) is 23.3 Å². The Morgan fingerprint density at radius 3 is 3.13 bits per heavy atom. The number of nitrogens with zero attached hydrogens (tertiary/aromatic N) is 2. The zero-order valence-electron chi connectivity index (χ0n) is 9.06. The third-order valence-electron chi connectivity index (χ3n) is 2.04. The summed E-state index contributed by atoms with van der Waals surface area (Å²) in [5.74, 6) is -0.399. The van der Waals surface area contributed by atoms with Crippen LogP contribution in [0.4, 0.5) is 0 Å². The highest BCUT2D eigenvalue weighted by Crippen LogP contribution is 1.93. The van der Waals surface area contributed by atoms with E-state index in [2.05, 4.69) is 18.1 Å². The molecule has 0 aliphatic carbocycles. The molecular weight excluding hydrogens is 192 g/mol. The van der Waals surface area contributed by atoms with E-state index in [1.165, 1.54) is 6.42 Å². The Bertz CT molecular complexity index is 331. The molecule has 1 heterocycles. The van der Waals surface area contributed by atoms with Gasteiger partial charge in [-0.25, -0.2) is 13.9 Å². The second-order valence-electron chi connectivity index (χ2n) is 3.32. The Labute approximate surface area is 89.8 Å². The number of hydrogen-bond acceptors (Lipinski definition) is 2. The minimum absolute atomic E-state index is 0.240. The maximum atomic E-state index is 10.8. The molecular formula is C11H17N2O2+. The summed E-state index contributed by atoms with van der Waals surface area (Å²) in [4.78, 5) is 10.8. The standard InChI is InChI=1S/C11H17N2O2/c1-3-5-6-12-7-8-13(9-12)10-15-11(14)4-2/h4,7-9H,2-3,5-6,10H2,1H3/q+1. The molecule has 0 aromatic carbocycles. The van der Waals surface area contributed by atoms with Crippen molar-refractivity contribution in [1.29, 1.82) is 0 Å². The molecule has 0 saturated heterocycles. The maximum Gasteiger partial charge on any atom is 0.333 e. The molecule has 4 heteroatoms. The summed E-state index contributed by atoms with van der Waals surface area (Å²) in [5, 5.41) is 0. The van der Waals surface area contributed by atoms with Gasteiger partial charge < -0.3 is 4.74 Å². The van der Waals surface area contributed by atoms with E-state index in [0.717, 1.165) is 19.0 Å². The monoisotopic (exact) mass is 209 g/mol. The molecule has 0 amide bonds. The first-order valence-electron chi connectivity index (χ1n) is 5.10. The van der Waals surface area contributed by atoms with Crippen LogP contribution in [0.3, 0.4) is 0 Å². The molecule has 1 aromatic rings. The highest BCUT2D eigenvalue weighted by atomic mass is 16.5. The number of aromatic nitrogens is 2. The highest BCUT2D eigenvalue weighted by Gasteiger charge is 2.04. The molecule has 1 aromatic heterocycles. The van der Waals surface area contributed by atoms with Crippen LogP contribution in [0.15, 0.2) is 31.4 Å². The molecule has 15 heavy (non-hydrogen) atoms. The van der Waals surface area contributed by atoms with Crippen molar-refractivity contribution < 1.29 is 14.1 Å². The summed E-state index contributed by atoms with van der Waals surface area (Å²) in [6, 6.07) is 0. The normalized spacial score (nSPS) is 9.93. The number of esters is 1. The fraction of sp³-hybridized carbons (Fsp3) is 0.455. The van der Waals surface area contributed by atoms with Gasteiger partial charge >= 0.3 is 5.97 Å². The molecule has 0 N–H and O–H groups in total. The number of aryl methyl sites for hydroxylation is 1. The van der Waals surface area contributed by atoms with Crippen molar-refractivity contribution >= 4 is 5.97 Å². The van der Waals surface area contributed by atoms with Crippen LogP contribution in [-0.2, 0) is 22.8 Å². The van der Waals surface area contributed by atoms with Gasteiger partial charge in [0.15, 0.2) is 0 Å². The summed E-state index contributed by atoms with van der Waals surface area (Å²) in [5.41, 5.74) is 0. The van der Waals surface area contributed by atoms with Gasteiger partial charge in [0.1, 0.15) is 12.4 Å². The predicted octanol–water partition coefficient (Wildman–Crippen LogP) is 1.26.